The second-order valence-corrected chi connectivity index (χ2v) is 15.4. The minimum absolute atomic E-state index is 1.24. The first-order valence-electron chi connectivity index (χ1n) is 18.3. The Bertz CT molecular complexity index is 3450. The Morgan fingerprint density at radius 3 is 1.32 bits per heavy atom. The maximum atomic E-state index is 2.46. The van der Waals surface area contributed by atoms with Crippen molar-refractivity contribution >= 4 is 107 Å². The molecule has 0 saturated heterocycles. The molecule has 0 nitrogen and oxygen atoms in total. The molecule has 53 heavy (non-hydrogen) atoms. The molecule has 244 valence electrons. The van der Waals surface area contributed by atoms with E-state index in [4.69, 9.17) is 0 Å². The van der Waals surface area contributed by atoms with Crippen LogP contribution in [0.5, 0.6) is 0 Å². The molecular formula is C52H30S. The zero-order chi connectivity index (χ0) is 34.6. The van der Waals surface area contributed by atoms with E-state index in [1.165, 1.54) is 118 Å². The molecule has 0 aliphatic carbocycles. The Balaban J connectivity index is 1.15. The van der Waals surface area contributed by atoms with E-state index in [9.17, 15) is 0 Å². The number of hydrogen-bond donors (Lipinski definition) is 0. The third-order valence-corrected chi connectivity index (χ3v) is 12.7. The van der Waals surface area contributed by atoms with Gasteiger partial charge >= 0.3 is 0 Å². The smallest absolute Gasteiger partial charge is 0.0362 e. The van der Waals surface area contributed by atoms with Gasteiger partial charge in [-0.05, 0) is 128 Å². The summed E-state index contributed by atoms with van der Waals surface area (Å²) < 4.78 is 2.68. The van der Waals surface area contributed by atoms with Gasteiger partial charge in [0.1, 0.15) is 0 Å². The number of thiophene rings is 1. The standard InChI is InChI=1S/C52H30S/c1-2-12-35-31(11-1)21-22-32-23-24-33(27-44(32)35)51-40-16-5-7-18-42(40)52(43-19-8-6-17-41(43)51)34-25-26-38-45(28-34)36-13-3-4-14-37(36)46-29-48-39-15-9-10-20-49(39)53-50(48)30-47(38)46/h1-30H. The molecule has 0 saturated carbocycles. The Morgan fingerprint density at radius 1 is 0.226 bits per heavy atom. The van der Waals surface area contributed by atoms with Crippen LogP contribution in [0.1, 0.15) is 0 Å². The van der Waals surface area contributed by atoms with E-state index in [1.54, 1.807) is 0 Å². The van der Waals surface area contributed by atoms with Gasteiger partial charge in [0, 0.05) is 20.2 Å². The van der Waals surface area contributed by atoms with Crippen molar-refractivity contribution in [1.29, 1.82) is 0 Å². The minimum Gasteiger partial charge on any atom is -0.135 e. The van der Waals surface area contributed by atoms with Crippen LogP contribution in [0.25, 0.3) is 118 Å². The van der Waals surface area contributed by atoms with Gasteiger partial charge in [-0.2, -0.15) is 0 Å². The third kappa shape index (κ3) is 4.17. The fourth-order valence-electron chi connectivity index (χ4n) is 9.24. The molecule has 0 N–H and O–H groups in total. The summed E-state index contributed by atoms with van der Waals surface area (Å²) in [4.78, 5) is 0. The summed E-state index contributed by atoms with van der Waals surface area (Å²) in [7, 11) is 0. The van der Waals surface area contributed by atoms with Crippen molar-refractivity contribution in [3.63, 3.8) is 0 Å². The van der Waals surface area contributed by atoms with Gasteiger partial charge < -0.3 is 0 Å². The highest BCUT2D eigenvalue weighted by atomic mass is 32.1. The predicted molar refractivity (Wildman–Crippen MR) is 233 cm³/mol. The van der Waals surface area contributed by atoms with Gasteiger partial charge in [-0.3, -0.25) is 0 Å². The molecule has 0 aliphatic heterocycles. The quantitative estimate of drug-likeness (QED) is 0.125. The van der Waals surface area contributed by atoms with Crippen LogP contribution in [0, 0.1) is 0 Å². The zero-order valence-electron chi connectivity index (χ0n) is 28.7. The van der Waals surface area contributed by atoms with Crippen molar-refractivity contribution in [2.45, 2.75) is 0 Å². The largest absolute Gasteiger partial charge is 0.135 e. The van der Waals surface area contributed by atoms with Gasteiger partial charge in [-0.1, -0.05) is 152 Å². The number of benzene rings is 11. The van der Waals surface area contributed by atoms with E-state index >= 15 is 0 Å². The van der Waals surface area contributed by atoms with Gasteiger partial charge in [0.05, 0.1) is 0 Å². The Labute approximate surface area is 309 Å². The van der Waals surface area contributed by atoms with Crippen molar-refractivity contribution in [1.82, 2.24) is 0 Å². The van der Waals surface area contributed by atoms with Crippen LogP contribution in [-0.2, 0) is 0 Å². The van der Waals surface area contributed by atoms with Gasteiger partial charge in [-0.15, -0.1) is 11.3 Å². The van der Waals surface area contributed by atoms with E-state index in [2.05, 4.69) is 182 Å². The molecule has 11 aromatic carbocycles. The van der Waals surface area contributed by atoms with E-state index < -0.39 is 0 Å². The first-order chi connectivity index (χ1) is 26.3. The average Bonchev–Trinajstić information content (AvgIpc) is 3.59. The molecule has 0 fully saturated rings. The molecule has 0 atom stereocenters. The van der Waals surface area contributed by atoms with Crippen LogP contribution in [0.2, 0.25) is 0 Å². The lowest BCUT2D eigenvalue weighted by Gasteiger charge is -2.19. The van der Waals surface area contributed by atoms with Crippen molar-refractivity contribution in [3.05, 3.63) is 182 Å². The third-order valence-electron chi connectivity index (χ3n) is 11.6. The summed E-state index contributed by atoms with van der Waals surface area (Å²) in [6.45, 7) is 0. The fraction of sp³-hybridized carbons (Fsp3) is 0. The summed E-state index contributed by atoms with van der Waals surface area (Å²) in [5.74, 6) is 0. The lowest BCUT2D eigenvalue weighted by Crippen LogP contribution is -1.91. The zero-order valence-corrected chi connectivity index (χ0v) is 29.5. The van der Waals surface area contributed by atoms with E-state index in [1.807, 2.05) is 11.3 Å². The number of hydrogen-bond acceptors (Lipinski definition) is 1. The van der Waals surface area contributed by atoms with Gasteiger partial charge in [0.15, 0.2) is 0 Å². The monoisotopic (exact) mass is 686 g/mol. The maximum absolute atomic E-state index is 2.46. The van der Waals surface area contributed by atoms with Gasteiger partial charge in [0.25, 0.3) is 0 Å². The predicted octanol–water partition coefficient (Wildman–Crippen LogP) is 15.5. The molecular weight excluding hydrogens is 657 g/mol. The topological polar surface area (TPSA) is 0 Å². The summed E-state index contributed by atoms with van der Waals surface area (Å²) >= 11 is 1.89. The fourth-order valence-corrected chi connectivity index (χ4v) is 10.4. The van der Waals surface area contributed by atoms with Gasteiger partial charge in [0.2, 0.25) is 0 Å². The van der Waals surface area contributed by atoms with E-state index in [0.717, 1.165) is 0 Å². The molecule has 0 spiro atoms. The Morgan fingerprint density at radius 2 is 0.660 bits per heavy atom. The van der Waals surface area contributed by atoms with Crippen LogP contribution < -0.4 is 0 Å². The highest BCUT2D eigenvalue weighted by Crippen LogP contribution is 2.47. The highest BCUT2D eigenvalue weighted by molar-refractivity contribution is 7.25. The molecule has 0 aliphatic rings. The van der Waals surface area contributed by atoms with Crippen LogP contribution >= 0.6 is 11.3 Å². The lowest BCUT2D eigenvalue weighted by atomic mass is 9.84. The highest BCUT2D eigenvalue weighted by Gasteiger charge is 2.19. The minimum atomic E-state index is 1.24. The summed E-state index contributed by atoms with van der Waals surface area (Å²) in [5.41, 5.74) is 5.07. The van der Waals surface area contributed by atoms with Crippen LogP contribution in [0.4, 0.5) is 0 Å². The van der Waals surface area contributed by atoms with Crippen LogP contribution in [-0.4, -0.2) is 0 Å². The van der Waals surface area contributed by atoms with Crippen molar-refractivity contribution < 1.29 is 0 Å². The Kier molecular flexibility index (Phi) is 6.03. The molecule has 0 amide bonds. The molecule has 0 bridgehead atoms. The summed E-state index contributed by atoms with van der Waals surface area (Å²) in [6.07, 6.45) is 0. The second-order valence-electron chi connectivity index (χ2n) is 14.4. The summed E-state index contributed by atoms with van der Waals surface area (Å²) in [6, 6.07) is 68.1. The SMILES string of the molecule is c1ccc2c(c1)ccc1ccc(-c3c4ccccc4c(-c4ccc5c(c4)c4ccccc4c4cc6c(cc54)sc4ccccc46)c4ccccc34)cc12. The molecule has 1 aromatic heterocycles. The molecule has 0 radical (unpaired) electrons. The lowest BCUT2D eigenvalue weighted by molar-refractivity contribution is 1.69. The molecule has 12 rings (SSSR count). The van der Waals surface area contributed by atoms with E-state index in [-0.39, 0.29) is 0 Å². The first kappa shape index (κ1) is 29.1. The molecule has 1 heterocycles. The first-order valence-corrected chi connectivity index (χ1v) is 19.2. The van der Waals surface area contributed by atoms with Gasteiger partial charge in [-0.25, -0.2) is 0 Å². The van der Waals surface area contributed by atoms with Crippen LogP contribution in [0.15, 0.2) is 182 Å². The second kappa shape index (κ2) is 11.0. The van der Waals surface area contributed by atoms with Crippen molar-refractivity contribution in [2.24, 2.45) is 0 Å². The summed E-state index contributed by atoms with van der Waals surface area (Å²) in [5, 5.41) is 20.7. The number of fused-ring (bicyclic) bond motifs is 14. The Hall–Kier alpha value is -6.54. The molecule has 0 unspecified atom stereocenters. The van der Waals surface area contributed by atoms with Crippen LogP contribution in [0.3, 0.4) is 0 Å². The maximum Gasteiger partial charge on any atom is 0.0362 e. The molecule has 1 heteroatoms. The molecule has 12 aromatic rings. The normalized spacial score (nSPS) is 12.2. The average molecular weight is 687 g/mol. The van der Waals surface area contributed by atoms with Crippen molar-refractivity contribution in [2.75, 3.05) is 0 Å². The van der Waals surface area contributed by atoms with Crippen molar-refractivity contribution in [3.8, 4) is 22.3 Å². The van der Waals surface area contributed by atoms with E-state index in [0.29, 0.717) is 0 Å². The number of rotatable bonds is 2.